The number of hydrogen-bond acceptors (Lipinski definition) is 4. The van der Waals surface area contributed by atoms with Gasteiger partial charge in [-0.15, -0.1) is 0 Å². The molecule has 0 aromatic heterocycles. The molecule has 0 bridgehead atoms. The lowest BCUT2D eigenvalue weighted by Crippen LogP contribution is -2.32. The number of rotatable bonds is 7. The quantitative estimate of drug-likeness (QED) is 0.672. The molecule has 138 valence electrons. The minimum atomic E-state index is -0.713. The number of amides is 1. The van der Waals surface area contributed by atoms with Crippen molar-refractivity contribution in [2.45, 2.75) is 26.4 Å². The summed E-state index contributed by atoms with van der Waals surface area (Å²) in [6.07, 6.45) is -0.258. The van der Waals surface area contributed by atoms with Gasteiger partial charge in [0.25, 0.3) is 5.91 Å². The lowest BCUT2D eigenvalue weighted by Gasteiger charge is -2.18. The molecular formula is C19H19Cl2NO4. The fourth-order valence-corrected chi connectivity index (χ4v) is 2.59. The van der Waals surface area contributed by atoms with Crippen LogP contribution in [0.15, 0.2) is 42.5 Å². The van der Waals surface area contributed by atoms with Gasteiger partial charge in [-0.25, -0.2) is 4.79 Å². The van der Waals surface area contributed by atoms with E-state index >= 15 is 0 Å². The Morgan fingerprint density at radius 1 is 1.12 bits per heavy atom. The summed E-state index contributed by atoms with van der Waals surface area (Å²) < 4.78 is 10.7. The van der Waals surface area contributed by atoms with Crippen LogP contribution >= 0.6 is 23.2 Å². The van der Waals surface area contributed by atoms with E-state index < -0.39 is 12.1 Å². The number of hydrogen-bond donors (Lipinski definition) is 1. The fourth-order valence-electron chi connectivity index (χ4n) is 2.22. The molecule has 1 atom stereocenters. The predicted molar refractivity (Wildman–Crippen MR) is 102 cm³/mol. The van der Waals surface area contributed by atoms with Crippen LogP contribution in [0.5, 0.6) is 5.75 Å². The van der Waals surface area contributed by atoms with Crippen LogP contribution in [0.2, 0.25) is 10.0 Å². The number of anilines is 1. The lowest BCUT2D eigenvalue weighted by molar-refractivity contribution is -0.122. The monoisotopic (exact) mass is 395 g/mol. The first-order chi connectivity index (χ1) is 12.4. The average molecular weight is 396 g/mol. The number of halogens is 2. The maximum absolute atomic E-state index is 12.5. The van der Waals surface area contributed by atoms with Crippen LogP contribution in [-0.4, -0.2) is 24.6 Å². The van der Waals surface area contributed by atoms with E-state index in [1.807, 2.05) is 6.92 Å². The molecule has 0 aliphatic carbocycles. The van der Waals surface area contributed by atoms with Crippen LogP contribution in [0.4, 0.5) is 5.69 Å². The van der Waals surface area contributed by atoms with Gasteiger partial charge in [0, 0.05) is 10.7 Å². The summed E-state index contributed by atoms with van der Waals surface area (Å²) in [4.78, 5) is 24.4. The second kappa shape index (κ2) is 9.46. The molecule has 0 spiro atoms. The van der Waals surface area contributed by atoms with Crippen LogP contribution < -0.4 is 10.1 Å². The Morgan fingerprint density at radius 3 is 2.54 bits per heavy atom. The molecule has 5 nitrogen and oxygen atoms in total. The van der Waals surface area contributed by atoms with Gasteiger partial charge >= 0.3 is 5.97 Å². The van der Waals surface area contributed by atoms with Gasteiger partial charge in [-0.05, 0) is 49.7 Å². The van der Waals surface area contributed by atoms with Gasteiger partial charge in [0.15, 0.2) is 6.10 Å². The second-order valence-electron chi connectivity index (χ2n) is 5.38. The van der Waals surface area contributed by atoms with E-state index in [9.17, 15) is 9.59 Å². The van der Waals surface area contributed by atoms with E-state index in [2.05, 4.69) is 5.32 Å². The SMILES string of the molecule is CCOC(=O)c1cc(NC(=O)[C@H](CC)Oc2cccc(Cl)c2)ccc1Cl. The number of nitrogens with one attached hydrogen (secondary N) is 1. The topological polar surface area (TPSA) is 64.6 Å². The molecule has 7 heteroatoms. The third-order valence-electron chi connectivity index (χ3n) is 3.47. The molecule has 2 aromatic carbocycles. The number of benzene rings is 2. The average Bonchev–Trinajstić information content (AvgIpc) is 2.61. The van der Waals surface area contributed by atoms with E-state index in [0.717, 1.165) is 0 Å². The summed E-state index contributed by atoms with van der Waals surface area (Å²) in [6, 6.07) is 11.4. The van der Waals surface area contributed by atoms with Crippen molar-refractivity contribution < 1.29 is 19.1 Å². The molecule has 1 N–H and O–H groups in total. The van der Waals surface area contributed by atoms with Crippen LogP contribution in [0.3, 0.4) is 0 Å². The molecule has 1 amide bonds. The van der Waals surface area contributed by atoms with Crippen LogP contribution in [0, 0.1) is 0 Å². The molecule has 0 saturated carbocycles. The molecule has 0 heterocycles. The fraction of sp³-hybridized carbons (Fsp3) is 0.263. The molecule has 0 fully saturated rings. The first-order valence-corrected chi connectivity index (χ1v) is 8.90. The number of ether oxygens (including phenoxy) is 2. The first-order valence-electron chi connectivity index (χ1n) is 8.14. The van der Waals surface area contributed by atoms with E-state index in [1.165, 1.54) is 12.1 Å². The molecule has 0 unspecified atom stereocenters. The Bertz CT molecular complexity index is 795. The zero-order valence-corrected chi connectivity index (χ0v) is 15.9. The molecule has 0 radical (unpaired) electrons. The Labute approximate surface area is 162 Å². The first kappa shape index (κ1) is 20.1. The maximum Gasteiger partial charge on any atom is 0.339 e. The summed E-state index contributed by atoms with van der Waals surface area (Å²) >= 11 is 12.0. The highest BCUT2D eigenvalue weighted by Crippen LogP contribution is 2.23. The maximum atomic E-state index is 12.5. The van der Waals surface area contributed by atoms with Crippen molar-refractivity contribution in [3.8, 4) is 5.75 Å². The van der Waals surface area contributed by atoms with Gasteiger partial charge in [0.2, 0.25) is 0 Å². The minimum absolute atomic E-state index is 0.190. The number of carbonyl (C=O) groups excluding carboxylic acids is 2. The molecule has 0 saturated heterocycles. The van der Waals surface area contributed by atoms with Crippen molar-refractivity contribution in [2.24, 2.45) is 0 Å². The van der Waals surface area contributed by atoms with Crippen molar-refractivity contribution in [1.29, 1.82) is 0 Å². The number of carbonyl (C=O) groups is 2. The van der Waals surface area contributed by atoms with E-state index in [-0.39, 0.29) is 23.1 Å². The zero-order chi connectivity index (χ0) is 19.1. The van der Waals surface area contributed by atoms with Gasteiger partial charge < -0.3 is 14.8 Å². The highest BCUT2D eigenvalue weighted by atomic mass is 35.5. The summed E-state index contributed by atoms with van der Waals surface area (Å²) in [5, 5.41) is 3.51. The molecule has 2 aromatic rings. The Balaban J connectivity index is 2.12. The Kier molecular flexibility index (Phi) is 7.30. The van der Waals surface area contributed by atoms with Gasteiger partial charge in [-0.1, -0.05) is 36.2 Å². The van der Waals surface area contributed by atoms with Crippen LogP contribution in [-0.2, 0) is 9.53 Å². The van der Waals surface area contributed by atoms with Gasteiger partial charge in [-0.2, -0.15) is 0 Å². The van der Waals surface area contributed by atoms with E-state index in [1.54, 1.807) is 37.3 Å². The Hall–Kier alpha value is -2.24. The van der Waals surface area contributed by atoms with Gasteiger partial charge in [0.05, 0.1) is 17.2 Å². The normalized spacial score (nSPS) is 11.5. The molecule has 26 heavy (non-hydrogen) atoms. The Morgan fingerprint density at radius 2 is 1.88 bits per heavy atom. The third-order valence-corrected chi connectivity index (χ3v) is 4.03. The van der Waals surface area contributed by atoms with Gasteiger partial charge in [0.1, 0.15) is 5.75 Å². The van der Waals surface area contributed by atoms with E-state index in [0.29, 0.717) is 22.9 Å². The third kappa shape index (κ3) is 5.38. The molecule has 0 aliphatic rings. The van der Waals surface area contributed by atoms with Crippen LogP contribution in [0.25, 0.3) is 0 Å². The predicted octanol–water partition coefficient (Wildman–Crippen LogP) is 4.97. The standard InChI is InChI=1S/C19H19Cl2NO4/c1-3-17(26-14-7-5-6-12(20)10-14)18(23)22-13-8-9-16(21)15(11-13)19(24)25-4-2/h5-11,17H,3-4H2,1-2H3,(H,22,23)/t17-/m0/s1. The molecular weight excluding hydrogens is 377 g/mol. The van der Waals surface area contributed by atoms with Crippen molar-refractivity contribution >= 4 is 40.8 Å². The number of esters is 1. The highest BCUT2D eigenvalue weighted by molar-refractivity contribution is 6.33. The molecule has 0 aliphatic heterocycles. The van der Waals surface area contributed by atoms with Crippen molar-refractivity contribution in [1.82, 2.24) is 0 Å². The summed E-state index contributed by atoms with van der Waals surface area (Å²) in [6.45, 7) is 3.77. The lowest BCUT2D eigenvalue weighted by atomic mass is 10.2. The van der Waals surface area contributed by atoms with E-state index in [4.69, 9.17) is 32.7 Å². The smallest absolute Gasteiger partial charge is 0.339 e. The zero-order valence-electron chi connectivity index (χ0n) is 14.4. The van der Waals surface area contributed by atoms with Gasteiger partial charge in [-0.3, -0.25) is 4.79 Å². The van der Waals surface area contributed by atoms with Crippen LogP contribution in [0.1, 0.15) is 30.6 Å². The highest BCUT2D eigenvalue weighted by Gasteiger charge is 2.20. The summed E-state index contributed by atoms with van der Waals surface area (Å²) in [7, 11) is 0. The summed E-state index contributed by atoms with van der Waals surface area (Å²) in [5.41, 5.74) is 0.616. The molecule has 2 rings (SSSR count). The van der Waals surface area contributed by atoms with Crippen molar-refractivity contribution in [3.05, 3.63) is 58.1 Å². The second-order valence-corrected chi connectivity index (χ2v) is 6.22. The van der Waals surface area contributed by atoms with Crippen molar-refractivity contribution in [2.75, 3.05) is 11.9 Å². The van der Waals surface area contributed by atoms with Crippen molar-refractivity contribution in [3.63, 3.8) is 0 Å². The summed E-state index contributed by atoms with van der Waals surface area (Å²) in [5.74, 6) is -0.386. The minimum Gasteiger partial charge on any atom is -0.481 e. The largest absolute Gasteiger partial charge is 0.481 e.